The van der Waals surface area contributed by atoms with Gasteiger partial charge in [-0.1, -0.05) is 36.2 Å². The summed E-state index contributed by atoms with van der Waals surface area (Å²) in [5.41, 5.74) is 0.932. The predicted molar refractivity (Wildman–Crippen MR) is 104 cm³/mol. The van der Waals surface area contributed by atoms with Crippen LogP contribution in [0.2, 0.25) is 5.02 Å². The Morgan fingerprint density at radius 3 is 2.81 bits per heavy atom. The van der Waals surface area contributed by atoms with Crippen molar-refractivity contribution in [2.45, 2.75) is 49.7 Å². The molecule has 2 atom stereocenters. The lowest BCUT2D eigenvalue weighted by atomic mass is 9.78. The number of aromatic nitrogens is 3. The summed E-state index contributed by atoms with van der Waals surface area (Å²) in [4.78, 5) is 19.4. The largest absolute Gasteiger partial charge is 0.339 e. The van der Waals surface area contributed by atoms with Gasteiger partial charge in [-0.25, -0.2) is 4.98 Å². The van der Waals surface area contributed by atoms with Crippen molar-refractivity contribution in [2.24, 2.45) is 5.92 Å². The van der Waals surface area contributed by atoms with Gasteiger partial charge in [0.2, 0.25) is 11.1 Å². The van der Waals surface area contributed by atoms with E-state index in [2.05, 4.69) is 20.1 Å². The Morgan fingerprint density at radius 1 is 1.19 bits per heavy atom. The first kappa shape index (κ1) is 17.9. The average molecular weight is 391 g/mol. The van der Waals surface area contributed by atoms with Gasteiger partial charge in [0, 0.05) is 23.2 Å². The number of H-pyrrole nitrogens is 1. The second-order valence-corrected chi connectivity index (χ2v) is 8.48. The molecule has 1 aliphatic heterocycles. The van der Waals surface area contributed by atoms with Crippen molar-refractivity contribution in [1.82, 2.24) is 20.1 Å². The molecule has 0 spiro atoms. The van der Waals surface area contributed by atoms with Gasteiger partial charge in [-0.05, 0) is 55.9 Å². The quantitative estimate of drug-likeness (QED) is 0.786. The highest BCUT2D eigenvalue weighted by molar-refractivity contribution is 7.99. The van der Waals surface area contributed by atoms with E-state index < -0.39 is 0 Å². The third-order valence-corrected chi connectivity index (χ3v) is 6.55. The first-order valence-corrected chi connectivity index (χ1v) is 10.7. The fourth-order valence-corrected chi connectivity index (χ4v) is 5.00. The summed E-state index contributed by atoms with van der Waals surface area (Å²) < 4.78 is 0. The second kappa shape index (κ2) is 8.01. The number of carbonyl (C=O) groups excluding carboxylic acids is 1. The van der Waals surface area contributed by atoms with Gasteiger partial charge < -0.3 is 4.90 Å². The van der Waals surface area contributed by atoms with E-state index in [4.69, 9.17) is 11.6 Å². The zero-order chi connectivity index (χ0) is 17.9. The van der Waals surface area contributed by atoms with Crippen LogP contribution in [0.1, 0.15) is 38.5 Å². The van der Waals surface area contributed by atoms with Gasteiger partial charge in [0.1, 0.15) is 0 Å². The molecule has 4 rings (SSSR count). The summed E-state index contributed by atoms with van der Waals surface area (Å²) in [5, 5.41) is 8.48. The molecule has 1 saturated heterocycles. The molecule has 1 saturated carbocycles. The highest BCUT2D eigenvalue weighted by atomic mass is 35.5. The molecule has 1 aromatic carbocycles. The standard InChI is InChI=1S/C19H23ClN4OS/c20-15-9-7-14(8-10-15)18-21-19(23-22-18)26-12-17(25)24-11-3-5-13-4-1-2-6-16(13)24/h7-10,13,16H,1-6,11-12H2,(H,21,22,23). The maximum absolute atomic E-state index is 12.8. The summed E-state index contributed by atoms with van der Waals surface area (Å²) in [6.45, 7) is 0.907. The number of nitrogens with zero attached hydrogens (tertiary/aromatic N) is 3. The molecule has 2 fully saturated rings. The number of thioether (sulfide) groups is 1. The fourth-order valence-electron chi connectivity index (χ4n) is 4.19. The van der Waals surface area contributed by atoms with E-state index in [0.717, 1.165) is 18.5 Å². The molecule has 2 aromatic rings. The van der Waals surface area contributed by atoms with E-state index in [1.165, 1.54) is 43.9 Å². The lowest BCUT2D eigenvalue weighted by molar-refractivity contribution is -0.134. The molecule has 0 bridgehead atoms. The maximum Gasteiger partial charge on any atom is 0.233 e. The molecule has 138 valence electrons. The van der Waals surface area contributed by atoms with Crippen LogP contribution in [0.25, 0.3) is 11.4 Å². The lowest BCUT2D eigenvalue weighted by Gasteiger charge is -2.44. The van der Waals surface area contributed by atoms with Crippen LogP contribution in [0.4, 0.5) is 0 Å². The van der Waals surface area contributed by atoms with E-state index in [1.54, 1.807) is 0 Å². The van der Waals surface area contributed by atoms with Gasteiger partial charge >= 0.3 is 0 Å². The summed E-state index contributed by atoms with van der Waals surface area (Å²) in [6.07, 6.45) is 7.45. The number of halogens is 1. The van der Waals surface area contributed by atoms with Crippen LogP contribution in [0, 0.1) is 5.92 Å². The normalized spacial score (nSPS) is 22.9. The first-order valence-electron chi connectivity index (χ1n) is 9.31. The van der Waals surface area contributed by atoms with Crippen molar-refractivity contribution in [1.29, 1.82) is 0 Å². The third-order valence-electron chi connectivity index (χ3n) is 5.47. The van der Waals surface area contributed by atoms with Gasteiger partial charge in [0.25, 0.3) is 0 Å². The van der Waals surface area contributed by atoms with Crippen LogP contribution in [-0.2, 0) is 4.79 Å². The number of nitrogens with one attached hydrogen (secondary N) is 1. The first-order chi connectivity index (χ1) is 12.7. The topological polar surface area (TPSA) is 61.9 Å². The minimum Gasteiger partial charge on any atom is -0.339 e. The third kappa shape index (κ3) is 3.91. The number of benzene rings is 1. The monoisotopic (exact) mass is 390 g/mol. The number of amides is 1. The molecular weight excluding hydrogens is 368 g/mol. The van der Waals surface area contributed by atoms with Crippen molar-refractivity contribution in [2.75, 3.05) is 12.3 Å². The molecule has 5 nitrogen and oxygen atoms in total. The minimum atomic E-state index is 0.226. The molecule has 26 heavy (non-hydrogen) atoms. The molecule has 1 aromatic heterocycles. The number of fused-ring (bicyclic) bond motifs is 1. The highest BCUT2D eigenvalue weighted by Gasteiger charge is 2.35. The van der Waals surface area contributed by atoms with Gasteiger partial charge in [0.05, 0.1) is 5.75 Å². The van der Waals surface area contributed by atoms with Crippen LogP contribution in [-0.4, -0.2) is 44.3 Å². The molecule has 1 amide bonds. The summed E-state index contributed by atoms with van der Waals surface area (Å²) in [6, 6.07) is 7.92. The smallest absolute Gasteiger partial charge is 0.233 e. The second-order valence-electron chi connectivity index (χ2n) is 7.10. The van der Waals surface area contributed by atoms with Gasteiger partial charge in [-0.2, -0.15) is 0 Å². The molecule has 1 aliphatic carbocycles. The number of carbonyl (C=O) groups is 1. The lowest BCUT2D eigenvalue weighted by Crippen LogP contribution is -2.50. The van der Waals surface area contributed by atoms with Crippen LogP contribution in [0.15, 0.2) is 29.4 Å². The van der Waals surface area contributed by atoms with E-state index in [9.17, 15) is 4.79 Å². The molecule has 2 heterocycles. The van der Waals surface area contributed by atoms with Crippen LogP contribution in [0.5, 0.6) is 0 Å². The number of hydrogen-bond acceptors (Lipinski definition) is 4. The Hall–Kier alpha value is -1.53. The Kier molecular flexibility index (Phi) is 5.50. The molecule has 2 unspecified atom stereocenters. The number of likely N-dealkylation sites (tertiary alicyclic amines) is 1. The average Bonchev–Trinajstić information content (AvgIpc) is 3.15. The number of piperidine rings is 1. The van der Waals surface area contributed by atoms with E-state index in [-0.39, 0.29) is 5.91 Å². The van der Waals surface area contributed by atoms with Crippen LogP contribution < -0.4 is 0 Å². The van der Waals surface area contributed by atoms with Gasteiger partial charge in [-0.15, -0.1) is 5.10 Å². The number of hydrogen-bond donors (Lipinski definition) is 1. The highest BCUT2D eigenvalue weighted by Crippen LogP contribution is 2.35. The van der Waals surface area contributed by atoms with Gasteiger partial charge in [0.15, 0.2) is 5.82 Å². The van der Waals surface area contributed by atoms with E-state index in [0.29, 0.717) is 33.7 Å². The van der Waals surface area contributed by atoms with Crippen LogP contribution >= 0.6 is 23.4 Å². The van der Waals surface area contributed by atoms with Crippen molar-refractivity contribution in [3.8, 4) is 11.4 Å². The summed E-state index contributed by atoms with van der Waals surface area (Å²) in [5.74, 6) is 2.04. The van der Waals surface area contributed by atoms with Crippen molar-refractivity contribution in [3.05, 3.63) is 29.3 Å². The summed E-state index contributed by atoms with van der Waals surface area (Å²) in [7, 11) is 0. The van der Waals surface area contributed by atoms with Crippen molar-refractivity contribution >= 4 is 29.3 Å². The van der Waals surface area contributed by atoms with E-state index in [1.807, 2.05) is 24.3 Å². The zero-order valence-corrected chi connectivity index (χ0v) is 16.2. The Labute approximate surface area is 162 Å². The molecule has 1 N–H and O–H groups in total. The molecule has 7 heteroatoms. The van der Waals surface area contributed by atoms with Gasteiger partial charge in [-0.3, -0.25) is 9.89 Å². The Balaban J connectivity index is 1.36. The number of rotatable bonds is 4. The molecule has 0 radical (unpaired) electrons. The Morgan fingerprint density at radius 2 is 1.96 bits per heavy atom. The van der Waals surface area contributed by atoms with Crippen molar-refractivity contribution < 1.29 is 4.79 Å². The maximum atomic E-state index is 12.8. The van der Waals surface area contributed by atoms with E-state index >= 15 is 0 Å². The Bertz CT molecular complexity index is 761. The molecule has 2 aliphatic rings. The fraction of sp³-hybridized carbons (Fsp3) is 0.526. The minimum absolute atomic E-state index is 0.226. The van der Waals surface area contributed by atoms with Crippen LogP contribution in [0.3, 0.4) is 0 Å². The number of aromatic amines is 1. The van der Waals surface area contributed by atoms with Crippen molar-refractivity contribution in [3.63, 3.8) is 0 Å². The zero-order valence-electron chi connectivity index (χ0n) is 14.7. The summed E-state index contributed by atoms with van der Waals surface area (Å²) >= 11 is 7.33. The SMILES string of the molecule is O=C(CSc1n[nH]c(-c2ccc(Cl)cc2)n1)N1CCCC2CCCCC21. The predicted octanol–water partition coefficient (Wildman–Crippen LogP) is 4.40. The molecular formula is C19H23ClN4OS.